The number of ether oxygens (including phenoxy) is 2. The Hall–Kier alpha value is -3.61. The Morgan fingerprint density at radius 1 is 0.962 bits per heavy atom. The van der Waals surface area contributed by atoms with Crippen LogP contribution in [0.3, 0.4) is 0 Å². The number of hydrogen-bond acceptors (Lipinski definition) is 6. The third-order valence-corrected chi connectivity index (χ3v) is 3.95. The van der Waals surface area contributed by atoms with Crippen LogP contribution in [-0.4, -0.2) is 34.6 Å². The van der Waals surface area contributed by atoms with Crippen molar-refractivity contribution in [3.63, 3.8) is 0 Å². The van der Waals surface area contributed by atoms with E-state index >= 15 is 0 Å². The first-order valence-corrected chi connectivity index (χ1v) is 7.96. The maximum absolute atomic E-state index is 5.43. The Labute approximate surface area is 149 Å². The molecule has 0 unspecified atom stereocenters. The lowest BCUT2D eigenvalue weighted by molar-refractivity contribution is 0.355. The van der Waals surface area contributed by atoms with Crippen molar-refractivity contribution in [1.29, 1.82) is 0 Å². The second-order valence-electron chi connectivity index (χ2n) is 5.50. The fourth-order valence-corrected chi connectivity index (χ4v) is 2.69. The molecule has 1 N–H and O–H groups in total. The Kier molecular flexibility index (Phi) is 4.10. The molecule has 0 atom stereocenters. The van der Waals surface area contributed by atoms with E-state index in [2.05, 4.69) is 20.3 Å². The van der Waals surface area contributed by atoms with Crippen molar-refractivity contribution < 1.29 is 14.0 Å². The molecule has 0 spiro atoms. The van der Waals surface area contributed by atoms with E-state index in [9.17, 15) is 0 Å². The van der Waals surface area contributed by atoms with Crippen LogP contribution in [0.4, 0.5) is 0 Å². The van der Waals surface area contributed by atoms with Crippen molar-refractivity contribution in [2.24, 2.45) is 0 Å². The molecule has 0 aliphatic rings. The van der Waals surface area contributed by atoms with Gasteiger partial charge in [0.1, 0.15) is 5.69 Å². The Morgan fingerprint density at radius 3 is 2.58 bits per heavy atom. The number of aromatic nitrogens is 4. The lowest BCUT2D eigenvalue weighted by atomic mass is 10.1. The zero-order valence-electron chi connectivity index (χ0n) is 14.3. The highest BCUT2D eigenvalue weighted by Gasteiger charge is 2.18. The number of para-hydroxylation sites is 1. The van der Waals surface area contributed by atoms with E-state index in [0.29, 0.717) is 34.5 Å². The van der Waals surface area contributed by atoms with Crippen molar-refractivity contribution in [2.75, 3.05) is 14.2 Å². The molecule has 0 radical (unpaired) electrons. The van der Waals surface area contributed by atoms with Crippen molar-refractivity contribution in [3.8, 4) is 45.7 Å². The highest BCUT2D eigenvalue weighted by atomic mass is 16.5. The third-order valence-electron chi connectivity index (χ3n) is 3.95. The van der Waals surface area contributed by atoms with Crippen LogP contribution in [-0.2, 0) is 0 Å². The van der Waals surface area contributed by atoms with E-state index in [-0.39, 0.29) is 0 Å². The number of methoxy groups -OCH3 is 2. The van der Waals surface area contributed by atoms with Gasteiger partial charge in [-0.15, -0.1) is 0 Å². The molecule has 2 heterocycles. The molecule has 0 amide bonds. The zero-order chi connectivity index (χ0) is 17.9. The molecule has 0 bridgehead atoms. The third kappa shape index (κ3) is 2.79. The van der Waals surface area contributed by atoms with E-state index in [4.69, 9.17) is 14.0 Å². The second kappa shape index (κ2) is 6.72. The highest BCUT2D eigenvalue weighted by molar-refractivity contribution is 5.70. The number of benzene rings is 2. The minimum atomic E-state index is 0.347. The molecule has 0 fully saturated rings. The SMILES string of the molecule is COc1cccc(-c2noc(-c3cc(-c4ccccc4)n[nH]3)n2)c1OC. The Balaban J connectivity index is 1.69. The molecule has 0 aliphatic heterocycles. The van der Waals surface area contributed by atoms with Gasteiger partial charge in [-0.2, -0.15) is 10.1 Å². The van der Waals surface area contributed by atoms with E-state index in [1.54, 1.807) is 14.2 Å². The normalized spacial score (nSPS) is 10.7. The summed E-state index contributed by atoms with van der Waals surface area (Å²) in [7, 11) is 3.16. The van der Waals surface area contributed by atoms with Crippen LogP contribution in [0.5, 0.6) is 11.5 Å². The quantitative estimate of drug-likeness (QED) is 0.590. The number of H-pyrrole nitrogens is 1. The fraction of sp³-hybridized carbons (Fsp3) is 0.105. The van der Waals surface area contributed by atoms with Crippen molar-refractivity contribution in [1.82, 2.24) is 20.3 Å². The van der Waals surface area contributed by atoms with Crippen LogP contribution >= 0.6 is 0 Å². The van der Waals surface area contributed by atoms with Crippen molar-refractivity contribution in [3.05, 3.63) is 54.6 Å². The van der Waals surface area contributed by atoms with Gasteiger partial charge in [0.15, 0.2) is 11.5 Å². The van der Waals surface area contributed by atoms with E-state index in [0.717, 1.165) is 11.3 Å². The number of rotatable bonds is 5. The Morgan fingerprint density at radius 2 is 1.81 bits per heavy atom. The number of aromatic amines is 1. The van der Waals surface area contributed by atoms with E-state index < -0.39 is 0 Å². The summed E-state index contributed by atoms with van der Waals surface area (Å²) in [6, 6.07) is 17.2. The fourth-order valence-electron chi connectivity index (χ4n) is 2.69. The minimum absolute atomic E-state index is 0.347. The molecule has 0 saturated carbocycles. The van der Waals surface area contributed by atoms with Gasteiger partial charge in [0, 0.05) is 5.56 Å². The summed E-state index contributed by atoms with van der Waals surface area (Å²) in [5.41, 5.74) is 3.14. The van der Waals surface area contributed by atoms with Crippen LogP contribution in [0.2, 0.25) is 0 Å². The molecule has 26 heavy (non-hydrogen) atoms. The number of nitrogens with one attached hydrogen (secondary N) is 1. The largest absolute Gasteiger partial charge is 0.493 e. The zero-order valence-corrected chi connectivity index (χ0v) is 14.3. The van der Waals surface area contributed by atoms with Gasteiger partial charge in [-0.3, -0.25) is 5.10 Å². The van der Waals surface area contributed by atoms with E-state index in [1.165, 1.54) is 0 Å². The molecule has 4 rings (SSSR count). The average Bonchev–Trinajstić information content (AvgIpc) is 3.37. The molecular formula is C19H16N4O3. The summed E-state index contributed by atoms with van der Waals surface area (Å²) in [5.74, 6) is 1.91. The molecule has 4 aromatic rings. The van der Waals surface area contributed by atoms with Crippen LogP contribution < -0.4 is 9.47 Å². The smallest absolute Gasteiger partial charge is 0.276 e. The molecule has 2 aromatic carbocycles. The van der Waals surface area contributed by atoms with Gasteiger partial charge in [-0.25, -0.2) is 0 Å². The first-order chi connectivity index (χ1) is 12.8. The van der Waals surface area contributed by atoms with Crippen LogP contribution in [0.15, 0.2) is 59.1 Å². The van der Waals surface area contributed by atoms with Gasteiger partial charge < -0.3 is 14.0 Å². The Bertz CT molecular complexity index is 1020. The van der Waals surface area contributed by atoms with Gasteiger partial charge in [0.05, 0.1) is 25.5 Å². The summed E-state index contributed by atoms with van der Waals surface area (Å²) < 4.78 is 16.1. The van der Waals surface area contributed by atoms with Gasteiger partial charge in [0.2, 0.25) is 5.82 Å². The predicted molar refractivity (Wildman–Crippen MR) is 95.9 cm³/mol. The number of hydrogen-bond donors (Lipinski definition) is 1. The topological polar surface area (TPSA) is 86.1 Å². The lowest BCUT2D eigenvalue weighted by Crippen LogP contribution is -1.94. The molecule has 7 nitrogen and oxygen atoms in total. The molecule has 0 aliphatic carbocycles. The van der Waals surface area contributed by atoms with Crippen LogP contribution in [0.1, 0.15) is 0 Å². The first-order valence-electron chi connectivity index (χ1n) is 7.96. The standard InChI is InChI=1S/C19H16N4O3/c1-24-16-10-6-9-13(17(16)25-2)18-20-19(26-23-18)15-11-14(21-22-15)12-7-4-3-5-8-12/h3-11H,1-2H3,(H,21,22). The van der Waals surface area contributed by atoms with Crippen LogP contribution in [0, 0.1) is 0 Å². The van der Waals surface area contributed by atoms with Gasteiger partial charge in [-0.05, 0) is 18.2 Å². The molecule has 0 saturated heterocycles. The number of nitrogens with zero attached hydrogens (tertiary/aromatic N) is 3. The molecule has 7 heteroatoms. The summed E-state index contributed by atoms with van der Waals surface area (Å²) >= 11 is 0. The van der Waals surface area contributed by atoms with Crippen LogP contribution in [0.25, 0.3) is 34.2 Å². The maximum atomic E-state index is 5.43. The average molecular weight is 348 g/mol. The minimum Gasteiger partial charge on any atom is -0.493 e. The van der Waals surface area contributed by atoms with E-state index in [1.807, 2.05) is 54.6 Å². The molecule has 2 aromatic heterocycles. The van der Waals surface area contributed by atoms with Gasteiger partial charge in [-0.1, -0.05) is 41.6 Å². The summed E-state index contributed by atoms with van der Waals surface area (Å²) in [5, 5.41) is 11.3. The second-order valence-corrected chi connectivity index (χ2v) is 5.50. The molecular weight excluding hydrogens is 332 g/mol. The maximum Gasteiger partial charge on any atom is 0.276 e. The predicted octanol–water partition coefficient (Wildman–Crippen LogP) is 3.81. The monoisotopic (exact) mass is 348 g/mol. The molecule has 130 valence electrons. The summed E-state index contributed by atoms with van der Waals surface area (Å²) in [6.07, 6.45) is 0. The summed E-state index contributed by atoms with van der Waals surface area (Å²) in [4.78, 5) is 4.46. The van der Waals surface area contributed by atoms with Crippen molar-refractivity contribution >= 4 is 0 Å². The van der Waals surface area contributed by atoms with Gasteiger partial charge in [0.25, 0.3) is 5.89 Å². The van der Waals surface area contributed by atoms with Crippen molar-refractivity contribution in [2.45, 2.75) is 0 Å². The highest BCUT2D eigenvalue weighted by Crippen LogP contribution is 2.37. The lowest BCUT2D eigenvalue weighted by Gasteiger charge is -2.09. The summed E-state index contributed by atoms with van der Waals surface area (Å²) in [6.45, 7) is 0. The van der Waals surface area contributed by atoms with Gasteiger partial charge >= 0.3 is 0 Å². The first kappa shape index (κ1) is 15.9.